The van der Waals surface area contributed by atoms with Crippen LogP contribution >= 0.6 is 0 Å². The standard InChI is InChI=1S/C36H57N7O6/c1-7-11-25(29(44)34(48)39-23-14-15-23)40-33(47)28-24(21(2)3)16-19-43(28)35(49)30(36(4,5)6)42-32(46)27(22-12-9-8-10-13-22)41-31(45)26-20-37-17-18-38-26/h17-18,20-25,27-30,44H,7-16,19H2,1-6H3,(H,39,48)(H,40,47)(H,41,45)(H,42,46)/t24-,25+,27+,28+,29?,30-/m1/s1. The zero-order valence-electron chi connectivity index (χ0n) is 30.0. The number of rotatable bonds is 14. The van der Waals surface area contributed by atoms with E-state index in [-0.39, 0.29) is 35.4 Å². The van der Waals surface area contributed by atoms with Crippen LogP contribution in [0.4, 0.5) is 0 Å². The SMILES string of the molecule is CCC[C@H](NC(=O)[C@@H]1[C@@H](C(C)C)CCN1C(=O)[C@@H](NC(=O)[C@@H](NC(=O)c1cnccn1)C1CCCCC1)C(C)(C)C)C(O)C(=O)NC1CC1. The molecule has 2 heterocycles. The summed E-state index contributed by atoms with van der Waals surface area (Å²) in [5.74, 6) is -2.48. The molecular weight excluding hydrogens is 626 g/mol. The molecule has 2 saturated carbocycles. The molecule has 13 heteroatoms. The van der Waals surface area contributed by atoms with Crippen molar-refractivity contribution in [2.75, 3.05) is 6.54 Å². The normalized spacial score (nSPS) is 22.5. The van der Waals surface area contributed by atoms with Gasteiger partial charge in [-0.3, -0.25) is 29.0 Å². The van der Waals surface area contributed by atoms with Crippen molar-refractivity contribution >= 4 is 29.5 Å². The summed E-state index contributed by atoms with van der Waals surface area (Å²) in [6.45, 7) is 11.8. The quantitative estimate of drug-likeness (QED) is 0.198. The van der Waals surface area contributed by atoms with E-state index in [1.54, 1.807) is 4.90 Å². The van der Waals surface area contributed by atoms with E-state index in [1.807, 2.05) is 41.5 Å². The van der Waals surface area contributed by atoms with Crippen LogP contribution in [0.15, 0.2) is 18.6 Å². The smallest absolute Gasteiger partial charge is 0.272 e. The Morgan fingerprint density at radius 3 is 2.20 bits per heavy atom. The number of aliphatic hydroxyl groups excluding tert-OH is 1. The Morgan fingerprint density at radius 1 is 0.939 bits per heavy atom. The number of hydrogen-bond donors (Lipinski definition) is 5. The lowest BCUT2D eigenvalue weighted by molar-refractivity contribution is -0.146. The second-order valence-corrected chi connectivity index (χ2v) is 15.6. The first-order valence-corrected chi connectivity index (χ1v) is 18.2. The van der Waals surface area contributed by atoms with Crippen molar-refractivity contribution in [3.63, 3.8) is 0 Å². The van der Waals surface area contributed by atoms with Crippen LogP contribution in [0.25, 0.3) is 0 Å². The van der Waals surface area contributed by atoms with Gasteiger partial charge in [-0.2, -0.15) is 0 Å². The van der Waals surface area contributed by atoms with Gasteiger partial charge in [0.15, 0.2) is 6.10 Å². The van der Waals surface area contributed by atoms with Gasteiger partial charge in [-0.25, -0.2) is 4.98 Å². The van der Waals surface area contributed by atoms with Gasteiger partial charge in [-0.15, -0.1) is 0 Å². The number of amides is 5. The largest absolute Gasteiger partial charge is 0.381 e. The lowest BCUT2D eigenvalue weighted by atomic mass is 9.82. The zero-order valence-corrected chi connectivity index (χ0v) is 30.0. The first-order valence-electron chi connectivity index (χ1n) is 18.2. The molecule has 0 radical (unpaired) electrons. The predicted octanol–water partition coefficient (Wildman–Crippen LogP) is 2.48. The monoisotopic (exact) mass is 683 g/mol. The van der Waals surface area contributed by atoms with E-state index in [9.17, 15) is 29.1 Å². The van der Waals surface area contributed by atoms with E-state index < -0.39 is 59.3 Å². The van der Waals surface area contributed by atoms with Crippen LogP contribution in [-0.2, 0) is 19.2 Å². The molecule has 6 atom stereocenters. The van der Waals surface area contributed by atoms with Crippen molar-refractivity contribution in [2.45, 2.75) is 142 Å². The highest BCUT2D eigenvalue weighted by Crippen LogP contribution is 2.34. The van der Waals surface area contributed by atoms with E-state index in [4.69, 9.17) is 0 Å². The van der Waals surface area contributed by atoms with Crippen LogP contribution < -0.4 is 21.3 Å². The minimum atomic E-state index is -1.41. The Labute approximate surface area is 290 Å². The average Bonchev–Trinajstić information content (AvgIpc) is 3.77. The van der Waals surface area contributed by atoms with Crippen LogP contribution in [0.2, 0.25) is 0 Å². The number of aromatic nitrogens is 2. The van der Waals surface area contributed by atoms with Gasteiger partial charge in [0.05, 0.1) is 12.2 Å². The van der Waals surface area contributed by atoms with Crippen LogP contribution in [0.3, 0.4) is 0 Å². The van der Waals surface area contributed by atoms with Gasteiger partial charge in [-0.1, -0.05) is 67.2 Å². The second-order valence-electron chi connectivity index (χ2n) is 15.6. The molecule has 4 rings (SSSR count). The minimum Gasteiger partial charge on any atom is -0.381 e. The summed E-state index contributed by atoms with van der Waals surface area (Å²) < 4.78 is 0. The number of hydrogen-bond acceptors (Lipinski definition) is 8. The lowest BCUT2D eigenvalue weighted by Gasteiger charge is -2.38. The van der Waals surface area contributed by atoms with Crippen molar-refractivity contribution in [1.82, 2.24) is 36.1 Å². The summed E-state index contributed by atoms with van der Waals surface area (Å²) in [6.07, 6.45) is 10.6. The molecular formula is C36H57N7O6. The molecule has 0 aromatic carbocycles. The van der Waals surface area contributed by atoms with Crippen molar-refractivity contribution in [3.05, 3.63) is 24.3 Å². The Bertz CT molecular complexity index is 1310. The first-order chi connectivity index (χ1) is 23.2. The third kappa shape index (κ3) is 9.98. The Hall–Kier alpha value is -3.61. The molecule has 3 aliphatic rings. The number of carbonyl (C=O) groups excluding carboxylic acids is 5. The van der Waals surface area contributed by atoms with Crippen molar-refractivity contribution < 1.29 is 29.1 Å². The van der Waals surface area contributed by atoms with E-state index in [1.165, 1.54) is 18.6 Å². The van der Waals surface area contributed by atoms with Crippen molar-refractivity contribution in [2.24, 2.45) is 23.2 Å². The highest BCUT2D eigenvalue weighted by molar-refractivity contribution is 5.98. The maximum absolute atomic E-state index is 14.5. The van der Waals surface area contributed by atoms with Gasteiger partial charge in [0.1, 0.15) is 23.8 Å². The molecule has 0 spiro atoms. The fraction of sp³-hybridized carbons (Fsp3) is 0.750. The number of aliphatic hydroxyl groups is 1. The number of nitrogens with zero attached hydrogens (tertiary/aromatic N) is 3. The third-order valence-corrected chi connectivity index (χ3v) is 10.2. The number of carbonyl (C=O) groups is 5. The molecule has 5 amide bonds. The summed E-state index contributed by atoms with van der Waals surface area (Å²) >= 11 is 0. The molecule has 1 saturated heterocycles. The molecule has 13 nitrogen and oxygen atoms in total. The van der Waals surface area contributed by atoms with E-state index in [0.717, 1.165) is 44.9 Å². The zero-order chi connectivity index (χ0) is 35.9. The van der Waals surface area contributed by atoms with E-state index in [0.29, 0.717) is 25.8 Å². The molecule has 1 aliphatic heterocycles. The predicted molar refractivity (Wildman–Crippen MR) is 184 cm³/mol. The summed E-state index contributed by atoms with van der Waals surface area (Å²) in [5, 5.41) is 22.6. The number of likely N-dealkylation sites (tertiary alicyclic amines) is 1. The fourth-order valence-electron chi connectivity index (χ4n) is 7.23. The van der Waals surface area contributed by atoms with Crippen molar-refractivity contribution in [1.29, 1.82) is 0 Å². The molecule has 1 aromatic rings. The summed E-state index contributed by atoms with van der Waals surface area (Å²) in [6, 6.07) is -3.48. The Morgan fingerprint density at radius 2 is 1.63 bits per heavy atom. The summed E-state index contributed by atoms with van der Waals surface area (Å²) in [7, 11) is 0. The number of nitrogens with one attached hydrogen (secondary N) is 4. The second kappa shape index (κ2) is 16.9. The lowest BCUT2D eigenvalue weighted by Crippen LogP contribution is -2.62. The van der Waals surface area contributed by atoms with E-state index >= 15 is 0 Å². The third-order valence-electron chi connectivity index (χ3n) is 10.2. The highest BCUT2D eigenvalue weighted by atomic mass is 16.3. The van der Waals surface area contributed by atoms with Crippen LogP contribution in [0.1, 0.15) is 116 Å². The Balaban J connectivity index is 1.56. The van der Waals surface area contributed by atoms with Crippen LogP contribution in [-0.4, -0.2) is 92.4 Å². The maximum Gasteiger partial charge on any atom is 0.272 e. The van der Waals surface area contributed by atoms with Gasteiger partial charge >= 0.3 is 0 Å². The first kappa shape index (κ1) is 38.2. The topological polar surface area (TPSA) is 183 Å². The van der Waals surface area contributed by atoms with Crippen molar-refractivity contribution in [3.8, 4) is 0 Å². The summed E-state index contributed by atoms with van der Waals surface area (Å²) in [4.78, 5) is 78.3. The van der Waals surface area contributed by atoms with Gasteiger partial charge in [0.2, 0.25) is 17.7 Å². The van der Waals surface area contributed by atoms with Gasteiger partial charge in [0.25, 0.3) is 11.8 Å². The van der Waals surface area contributed by atoms with Gasteiger partial charge < -0.3 is 31.3 Å². The minimum absolute atomic E-state index is 0.0657. The van der Waals surface area contributed by atoms with Gasteiger partial charge in [0, 0.05) is 25.0 Å². The molecule has 272 valence electrons. The van der Waals surface area contributed by atoms with Crippen LogP contribution in [0.5, 0.6) is 0 Å². The Kier molecular flexibility index (Phi) is 13.1. The molecule has 2 aliphatic carbocycles. The molecule has 49 heavy (non-hydrogen) atoms. The maximum atomic E-state index is 14.5. The molecule has 1 aromatic heterocycles. The fourth-order valence-corrected chi connectivity index (χ4v) is 7.23. The van der Waals surface area contributed by atoms with Gasteiger partial charge in [-0.05, 0) is 61.7 Å². The molecule has 5 N–H and O–H groups in total. The van der Waals surface area contributed by atoms with Crippen LogP contribution in [0, 0.1) is 23.2 Å². The summed E-state index contributed by atoms with van der Waals surface area (Å²) in [5.41, 5.74) is -0.640. The van der Waals surface area contributed by atoms with E-state index in [2.05, 4.69) is 31.2 Å². The molecule has 1 unspecified atom stereocenters. The molecule has 0 bridgehead atoms. The molecule has 3 fully saturated rings. The average molecular weight is 684 g/mol. The highest BCUT2D eigenvalue weighted by Gasteiger charge is 2.48.